The highest BCUT2D eigenvalue weighted by atomic mass is 127. The third-order valence-corrected chi connectivity index (χ3v) is 3.40. The molecule has 0 aliphatic heterocycles. The lowest BCUT2D eigenvalue weighted by molar-refractivity contribution is 0.161. The molecule has 0 aliphatic carbocycles. The summed E-state index contributed by atoms with van der Waals surface area (Å²) in [5.74, 6) is 1.73. The van der Waals surface area contributed by atoms with Crippen LogP contribution in [0.25, 0.3) is 0 Å². The highest BCUT2D eigenvalue weighted by Crippen LogP contribution is 2.07. The van der Waals surface area contributed by atoms with Crippen LogP contribution in [0.4, 0.5) is 0 Å². The molecular formula is C18H33IN4O2. The summed E-state index contributed by atoms with van der Waals surface area (Å²) >= 11 is 0. The highest BCUT2D eigenvalue weighted by Gasteiger charge is 1.99. The zero-order valence-corrected chi connectivity index (χ0v) is 18.0. The van der Waals surface area contributed by atoms with Gasteiger partial charge in [-0.1, -0.05) is 18.2 Å². The largest absolute Gasteiger partial charge is 0.492 e. The van der Waals surface area contributed by atoms with Gasteiger partial charge in [0.05, 0.1) is 13.2 Å². The normalized spacial score (nSPS) is 11.1. The van der Waals surface area contributed by atoms with Gasteiger partial charge in [0, 0.05) is 26.7 Å². The molecule has 1 aromatic carbocycles. The standard InChI is InChI=1S/C18H32N4O2.HI/c1-4-19-18(20-11-8-13-22(2)14-16-23-3)21-12-15-24-17-9-6-5-7-10-17;/h5-7,9-10H,4,8,11-16H2,1-3H3,(H2,19,20,21);1H. The number of ether oxygens (including phenoxy) is 2. The molecule has 1 rings (SSSR count). The maximum absolute atomic E-state index is 5.67. The van der Waals surface area contributed by atoms with Crippen LogP contribution in [0, 0.1) is 0 Å². The van der Waals surface area contributed by atoms with Crippen LogP contribution in [0.2, 0.25) is 0 Å². The van der Waals surface area contributed by atoms with Crippen molar-refractivity contribution in [3.63, 3.8) is 0 Å². The summed E-state index contributed by atoms with van der Waals surface area (Å²) in [5.41, 5.74) is 0. The Hall–Kier alpha value is -1.06. The van der Waals surface area contributed by atoms with Crippen molar-refractivity contribution in [1.82, 2.24) is 15.5 Å². The van der Waals surface area contributed by atoms with Gasteiger partial charge in [-0.2, -0.15) is 0 Å². The Balaban J connectivity index is 0.00000576. The van der Waals surface area contributed by atoms with E-state index in [1.165, 1.54) is 0 Å². The second-order valence-electron chi connectivity index (χ2n) is 5.50. The fourth-order valence-corrected chi connectivity index (χ4v) is 2.09. The molecule has 0 amide bonds. The first kappa shape index (κ1) is 23.9. The van der Waals surface area contributed by atoms with Gasteiger partial charge >= 0.3 is 0 Å². The molecule has 0 saturated carbocycles. The highest BCUT2D eigenvalue weighted by molar-refractivity contribution is 14.0. The smallest absolute Gasteiger partial charge is 0.191 e. The molecule has 6 nitrogen and oxygen atoms in total. The minimum absolute atomic E-state index is 0. The summed E-state index contributed by atoms with van der Waals surface area (Å²) in [5, 5.41) is 6.55. The lowest BCUT2D eigenvalue weighted by atomic mass is 10.3. The molecule has 25 heavy (non-hydrogen) atoms. The number of nitrogens with zero attached hydrogens (tertiary/aromatic N) is 2. The minimum Gasteiger partial charge on any atom is -0.492 e. The van der Waals surface area contributed by atoms with Gasteiger partial charge in [-0.05, 0) is 39.1 Å². The van der Waals surface area contributed by atoms with E-state index in [0.717, 1.165) is 50.9 Å². The molecule has 0 saturated heterocycles. The maximum Gasteiger partial charge on any atom is 0.191 e. The summed E-state index contributed by atoms with van der Waals surface area (Å²) in [4.78, 5) is 6.85. The molecule has 0 radical (unpaired) electrons. The Morgan fingerprint density at radius 3 is 2.56 bits per heavy atom. The topological polar surface area (TPSA) is 58.1 Å². The van der Waals surface area contributed by atoms with E-state index in [0.29, 0.717) is 13.2 Å². The van der Waals surface area contributed by atoms with E-state index in [4.69, 9.17) is 9.47 Å². The Morgan fingerprint density at radius 1 is 1.12 bits per heavy atom. The van der Waals surface area contributed by atoms with Crippen molar-refractivity contribution in [3.05, 3.63) is 30.3 Å². The first-order valence-electron chi connectivity index (χ1n) is 8.63. The summed E-state index contributed by atoms with van der Waals surface area (Å²) in [6.45, 7) is 7.77. The average Bonchev–Trinajstić information content (AvgIpc) is 2.61. The van der Waals surface area contributed by atoms with Gasteiger partial charge in [0.2, 0.25) is 0 Å². The molecule has 1 aromatic rings. The van der Waals surface area contributed by atoms with Gasteiger partial charge in [0.25, 0.3) is 0 Å². The van der Waals surface area contributed by atoms with Gasteiger partial charge < -0.3 is 25.0 Å². The van der Waals surface area contributed by atoms with Crippen LogP contribution in [-0.2, 0) is 4.74 Å². The van der Waals surface area contributed by atoms with E-state index < -0.39 is 0 Å². The Bertz CT molecular complexity index is 446. The second kappa shape index (κ2) is 16.4. The summed E-state index contributed by atoms with van der Waals surface area (Å²) in [6.07, 6.45) is 1.03. The lowest BCUT2D eigenvalue weighted by Gasteiger charge is -2.15. The number of likely N-dealkylation sites (N-methyl/N-ethyl adjacent to an activating group) is 1. The predicted molar refractivity (Wildman–Crippen MR) is 115 cm³/mol. The number of nitrogens with one attached hydrogen (secondary N) is 2. The number of hydrogen-bond donors (Lipinski definition) is 2. The predicted octanol–water partition coefficient (Wildman–Crippen LogP) is 2.21. The summed E-state index contributed by atoms with van der Waals surface area (Å²) in [7, 11) is 3.83. The number of halogens is 1. The van der Waals surface area contributed by atoms with Crippen LogP contribution < -0.4 is 15.4 Å². The number of aliphatic imine (C=N–C) groups is 1. The molecule has 0 unspecified atom stereocenters. The lowest BCUT2D eigenvalue weighted by Crippen LogP contribution is -2.39. The SMILES string of the molecule is CCNC(=NCCCN(C)CCOC)NCCOc1ccccc1.I. The summed E-state index contributed by atoms with van der Waals surface area (Å²) < 4.78 is 10.7. The number of benzene rings is 1. The third kappa shape index (κ3) is 12.9. The van der Waals surface area contributed by atoms with Crippen molar-refractivity contribution in [2.45, 2.75) is 13.3 Å². The first-order valence-corrected chi connectivity index (χ1v) is 8.63. The quantitative estimate of drug-likeness (QED) is 0.215. The van der Waals surface area contributed by atoms with Crippen LogP contribution in [0.15, 0.2) is 35.3 Å². The van der Waals surface area contributed by atoms with Gasteiger partial charge in [0.15, 0.2) is 5.96 Å². The van der Waals surface area contributed by atoms with Crippen LogP contribution >= 0.6 is 24.0 Å². The van der Waals surface area contributed by atoms with E-state index in [9.17, 15) is 0 Å². The molecule has 0 spiro atoms. The van der Waals surface area contributed by atoms with Crippen LogP contribution in [0.1, 0.15) is 13.3 Å². The molecule has 0 aromatic heterocycles. The number of rotatable bonds is 12. The maximum atomic E-state index is 5.67. The second-order valence-corrected chi connectivity index (χ2v) is 5.50. The van der Waals surface area contributed by atoms with Crippen molar-refractivity contribution in [2.75, 3.05) is 60.1 Å². The van der Waals surface area contributed by atoms with Crippen molar-refractivity contribution < 1.29 is 9.47 Å². The summed E-state index contributed by atoms with van der Waals surface area (Å²) in [6, 6.07) is 9.84. The number of hydrogen-bond acceptors (Lipinski definition) is 4. The number of para-hydroxylation sites is 1. The van der Waals surface area contributed by atoms with Gasteiger partial charge in [-0.25, -0.2) is 0 Å². The molecule has 2 N–H and O–H groups in total. The van der Waals surface area contributed by atoms with E-state index >= 15 is 0 Å². The first-order chi connectivity index (χ1) is 11.8. The number of guanidine groups is 1. The molecule has 0 heterocycles. The van der Waals surface area contributed by atoms with Crippen LogP contribution in [-0.4, -0.2) is 71.0 Å². The zero-order chi connectivity index (χ0) is 17.5. The van der Waals surface area contributed by atoms with E-state index in [1.54, 1.807) is 7.11 Å². The van der Waals surface area contributed by atoms with Crippen molar-refractivity contribution in [3.8, 4) is 5.75 Å². The molecule has 0 aliphatic rings. The van der Waals surface area contributed by atoms with Crippen molar-refractivity contribution in [2.24, 2.45) is 4.99 Å². The van der Waals surface area contributed by atoms with Crippen molar-refractivity contribution >= 4 is 29.9 Å². The third-order valence-electron chi connectivity index (χ3n) is 3.40. The molecule has 0 fully saturated rings. The average molecular weight is 464 g/mol. The van der Waals surface area contributed by atoms with Crippen LogP contribution in [0.5, 0.6) is 5.75 Å². The Labute approximate surface area is 169 Å². The number of methoxy groups -OCH3 is 1. The van der Waals surface area contributed by atoms with Crippen molar-refractivity contribution in [1.29, 1.82) is 0 Å². The molecular weight excluding hydrogens is 431 g/mol. The molecule has 0 atom stereocenters. The minimum atomic E-state index is 0. The molecule has 144 valence electrons. The van der Waals surface area contributed by atoms with E-state index in [-0.39, 0.29) is 24.0 Å². The monoisotopic (exact) mass is 464 g/mol. The fraction of sp³-hybridized carbons (Fsp3) is 0.611. The fourth-order valence-electron chi connectivity index (χ4n) is 2.09. The van der Waals surface area contributed by atoms with Crippen LogP contribution in [0.3, 0.4) is 0 Å². The van der Waals surface area contributed by atoms with E-state index in [1.807, 2.05) is 30.3 Å². The van der Waals surface area contributed by atoms with E-state index in [2.05, 4.69) is 34.5 Å². The van der Waals surface area contributed by atoms with Gasteiger partial charge in [-0.3, -0.25) is 4.99 Å². The Kier molecular flexibility index (Phi) is 15.7. The molecule has 0 bridgehead atoms. The Morgan fingerprint density at radius 2 is 1.88 bits per heavy atom. The van der Waals surface area contributed by atoms with Gasteiger partial charge in [-0.15, -0.1) is 24.0 Å². The van der Waals surface area contributed by atoms with Gasteiger partial charge in [0.1, 0.15) is 12.4 Å². The molecule has 7 heteroatoms. The zero-order valence-electron chi connectivity index (χ0n) is 15.7.